The van der Waals surface area contributed by atoms with E-state index in [4.69, 9.17) is 0 Å². The van der Waals surface area contributed by atoms with Gasteiger partial charge in [0, 0.05) is 23.1 Å². The number of amides is 2. The molecule has 1 aliphatic rings. The van der Waals surface area contributed by atoms with Crippen LogP contribution in [-0.2, 0) is 10.2 Å². The number of hydrogen-bond acceptors (Lipinski definition) is 4. The topological polar surface area (TPSA) is 84.0 Å². The van der Waals surface area contributed by atoms with Crippen LogP contribution in [0.1, 0.15) is 61.3 Å². The number of anilines is 1. The van der Waals surface area contributed by atoms with Crippen molar-refractivity contribution in [3.8, 4) is 0 Å². The van der Waals surface area contributed by atoms with Crippen molar-refractivity contribution in [2.75, 3.05) is 5.32 Å². The first-order valence-electron chi connectivity index (χ1n) is 11.0. The Balaban J connectivity index is 1.48. The van der Waals surface area contributed by atoms with E-state index in [-0.39, 0.29) is 29.5 Å². The predicted molar refractivity (Wildman–Crippen MR) is 122 cm³/mol. The largest absolute Gasteiger partial charge is 0.399 e. The van der Waals surface area contributed by atoms with Gasteiger partial charge in [-0.25, -0.2) is 4.98 Å². The molecule has 178 valence electrons. The molecule has 2 N–H and O–H groups in total. The molecule has 2 heterocycles. The third-order valence-corrected chi connectivity index (χ3v) is 6.13. The van der Waals surface area contributed by atoms with Crippen LogP contribution in [0.15, 0.2) is 48.7 Å². The second kappa shape index (κ2) is 8.70. The molecule has 2 aromatic heterocycles. The molecule has 0 saturated heterocycles. The maximum atomic E-state index is 13.4. The minimum absolute atomic E-state index is 0.0482. The third-order valence-electron chi connectivity index (χ3n) is 6.13. The quantitative estimate of drug-likeness (QED) is 0.512. The van der Waals surface area contributed by atoms with E-state index in [1.54, 1.807) is 36.5 Å². The van der Waals surface area contributed by atoms with E-state index in [9.17, 15) is 22.8 Å². The highest BCUT2D eigenvalue weighted by molar-refractivity contribution is 5.98. The first-order chi connectivity index (χ1) is 16.0. The van der Waals surface area contributed by atoms with Gasteiger partial charge in [0.25, 0.3) is 5.91 Å². The van der Waals surface area contributed by atoms with Crippen LogP contribution in [0.25, 0.3) is 10.9 Å². The van der Waals surface area contributed by atoms with Gasteiger partial charge in [-0.3, -0.25) is 14.6 Å². The summed E-state index contributed by atoms with van der Waals surface area (Å²) in [6.07, 6.45) is -1.08. The number of hydrogen-bond donors (Lipinski definition) is 2. The van der Waals surface area contributed by atoms with Crippen molar-refractivity contribution in [1.29, 1.82) is 0 Å². The van der Waals surface area contributed by atoms with Crippen LogP contribution in [0, 0.1) is 5.92 Å². The maximum Gasteiger partial charge on any atom is 0.399 e. The zero-order valence-corrected chi connectivity index (χ0v) is 19.0. The summed E-state index contributed by atoms with van der Waals surface area (Å²) in [5.74, 6) is 0.104. The number of nitrogens with zero attached hydrogens (tertiary/aromatic N) is 2. The number of halogens is 3. The molecule has 34 heavy (non-hydrogen) atoms. The number of benzene rings is 1. The van der Waals surface area contributed by atoms with Crippen LogP contribution in [-0.4, -0.2) is 28.0 Å². The summed E-state index contributed by atoms with van der Waals surface area (Å²) < 4.78 is 40.1. The standard InChI is InChI=1S/C25H25F3N4O2/c1-14(16-10-11-29-21(13-16)32-22(33)15-4-5-15)30-23(34)18-6-8-19-17(12-18)7-9-20(31-19)24(2,3)25(26,27)28/h6-15H,4-5H2,1-3H3,(H,30,34)(H,29,32,33). The zero-order valence-electron chi connectivity index (χ0n) is 19.0. The highest BCUT2D eigenvalue weighted by Gasteiger charge is 2.49. The average molecular weight is 470 g/mol. The van der Waals surface area contributed by atoms with Crippen molar-refractivity contribution in [2.24, 2.45) is 5.92 Å². The molecule has 9 heteroatoms. The van der Waals surface area contributed by atoms with E-state index in [0.717, 1.165) is 32.3 Å². The normalized spacial score (nSPS) is 15.1. The van der Waals surface area contributed by atoms with Crippen LogP contribution in [0.4, 0.5) is 19.0 Å². The van der Waals surface area contributed by atoms with E-state index in [1.165, 1.54) is 12.1 Å². The third kappa shape index (κ3) is 4.88. The van der Waals surface area contributed by atoms with Gasteiger partial charge in [0.15, 0.2) is 0 Å². The van der Waals surface area contributed by atoms with Gasteiger partial charge in [0.05, 0.1) is 17.3 Å². The molecule has 1 aromatic carbocycles. The summed E-state index contributed by atoms with van der Waals surface area (Å²) in [5, 5.41) is 6.25. The maximum absolute atomic E-state index is 13.4. The van der Waals surface area contributed by atoms with E-state index in [2.05, 4.69) is 20.6 Å². The Kier molecular flexibility index (Phi) is 6.05. The van der Waals surface area contributed by atoms with E-state index >= 15 is 0 Å². The fourth-order valence-electron chi connectivity index (χ4n) is 3.48. The van der Waals surface area contributed by atoms with E-state index in [1.807, 2.05) is 6.92 Å². The monoisotopic (exact) mass is 470 g/mol. The molecule has 1 fully saturated rings. The Labute approximate surface area is 195 Å². The smallest absolute Gasteiger partial charge is 0.346 e. The molecule has 1 atom stereocenters. The van der Waals surface area contributed by atoms with Crippen LogP contribution < -0.4 is 10.6 Å². The molecule has 0 spiro atoms. The van der Waals surface area contributed by atoms with Crippen LogP contribution in [0.3, 0.4) is 0 Å². The Morgan fingerprint density at radius 2 is 1.79 bits per heavy atom. The van der Waals surface area contributed by atoms with Crippen LogP contribution >= 0.6 is 0 Å². The van der Waals surface area contributed by atoms with Crippen LogP contribution in [0.2, 0.25) is 0 Å². The second-order valence-corrected chi connectivity index (χ2v) is 9.16. The molecular formula is C25H25F3N4O2. The van der Waals surface area contributed by atoms with Crippen molar-refractivity contribution in [3.05, 3.63) is 65.5 Å². The van der Waals surface area contributed by atoms with Gasteiger partial charge in [-0.2, -0.15) is 13.2 Å². The molecule has 3 aromatic rings. The number of pyridine rings is 2. The van der Waals surface area contributed by atoms with Crippen molar-refractivity contribution in [1.82, 2.24) is 15.3 Å². The van der Waals surface area contributed by atoms with Crippen molar-refractivity contribution in [2.45, 2.75) is 51.2 Å². The van der Waals surface area contributed by atoms with Gasteiger partial charge in [-0.15, -0.1) is 0 Å². The fraction of sp³-hybridized carbons (Fsp3) is 0.360. The molecular weight excluding hydrogens is 445 g/mol. The van der Waals surface area contributed by atoms with E-state index < -0.39 is 11.6 Å². The lowest BCUT2D eigenvalue weighted by Crippen LogP contribution is -2.37. The summed E-state index contributed by atoms with van der Waals surface area (Å²) in [4.78, 5) is 33.1. The Morgan fingerprint density at radius 3 is 2.47 bits per heavy atom. The van der Waals surface area contributed by atoms with Crippen LogP contribution in [0.5, 0.6) is 0 Å². The summed E-state index contributed by atoms with van der Waals surface area (Å²) in [6.45, 7) is 3.99. The van der Waals surface area contributed by atoms with Crippen molar-refractivity contribution < 1.29 is 22.8 Å². The SMILES string of the molecule is CC(NC(=O)c1ccc2nc(C(C)(C)C(F)(F)F)ccc2c1)c1ccnc(NC(=O)C2CC2)c1. The number of carbonyl (C=O) groups excluding carboxylic acids is 2. The van der Waals surface area contributed by atoms with Gasteiger partial charge < -0.3 is 10.6 Å². The molecule has 1 saturated carbocycles. The second-order valence-electron chi connectivity index (χ2n) is 9.16. The van der Waals surface area contributed by atoms with Gasteiger partial charge >= 0.3 is 6.18 Å². The highest BCUT2D eigenvalue weighted by Crippen LogP contribution is 2.40. The lowest BCUT2D eigenvalue weighted by atomic mass is 9.87. The first-order valence-corrected chi connectivity index (χ1v) is 11.0. The number of aromatic nitrogens is 2. The summed E-state index contributed by atoms with van der Waals surface area (Å²) >= 11 is 0. The van der Waals surface area contributed by atoms with Gasteiger partial charge in [0.1, 0.15) is 11.2 Å². The minimum atomic E-state index is -4.43. The number of nitrogens with one attached hydrogen (secondary N) is 2. The highest BCUT2D eigenvalue weighted by atomic mass is 19.4. The van der Waals surface area contributed by atoms with Gasteiger partial charge in [-0.05, 0) is 75.6 Å². The number of carbonyl (C=O) groups is 2. The zero-order chi connectivity index (χ0) is 24.7. The Morgan fingerprint density at radius 1 is 1.06 bits per heavy atom. The molecule has 0 bridgehead atoms. The minimum Gasteiger partial charge on any atom is -0.346 e. The summed E-state index contributed by atoms with van der Waals surface area (Å²) in [7, 11) is 0. The lowest BCUT2D eigenvalue weighted by molar-refractivity contribution is -0.181. The summed E-state index contributed by atoms with van der Waals surface area (Å²) in [5.41, 5.74) is -0.657. The first kappa shape index (κ1) is 23.7. The molecule has 2 amide bonds. The van der Waals surface area contributed by atoms with Gasteiger partial charge in [0.2, 0.25) is 5.91 Å². The molecule has 0 aliphatic heterocycles. The molecule has 6 nitrogen and oxygen atoms in total. The lowest BCUT2D eigenvalue weighted by Gasteiger charge is -2.27. The molecule has 1 aliphatic carbocycles. The van der Waals surface area contributed by atoms with E-state index in [0.29, 0.717) is 22.3 Å². The Hall–Kier alpha value is -3.49. The van der Waals surface area contributed by atoms with Gasteiger partial charge in [-0.1, -0.05) is 6.07 Å². The number of fused-ring (bicyclic) bond motifs is 1. The Bertz CT molecular complexity index is 1250. The predicted octanol–water partition coefficient (Wildman–Crippen LogP) is 5.31. The summed E-state index contributed by atoms with van der Waals surface area (Å²) in [6, 6.07) is 10.7. The van der Waals surface area contributed by atoms with Crippen molar-refractivity contribution >= 4 is 28.5 Å². The molecule has 0 radical (unpaired) electrons. The fourth-order valence-corrected chi connectivity index (χ4v) is 3.48. The number of rotatable bonds is 6. The van der Waals surface area contributed by atoms with Crippen molar-refractivity contribution in [3.63, 3.8) is 0 Å². The molecule has 4 rings (SSSR count). The number of alkyl halides is 3. The molecule has 1 unspecified atom stereocenters. The average Bonchev–Trinajstić information content (AvgIpc) is 3.63.